The number of carbonyl (C=O) groups excluding carboxylic acids is 1. The second-order valence-corrected chi connectivity index (χ2v) is 8.68. The molecule has 0 atom stereocenters. The predicted octanol–water partition coefficient (Wildman–Crippen LogP) is 5.31. The molecule has 0 aliphatic heterocycles. The van der Waals surface area contributed by atoms with Crippen molar-refractivity contribution in [2.24, 2.45) is 0 Å². The normalized spacial score (nSPS) is 10.8. The zero-order valence-corrected chi connectivity index (χ0v) is 19.8. The molecule has 9 heteroatoms. The highest BCUT2D eigenvalue weighted by Crippen LogP contribution is 2.39. The number of anilines is 1. The van der Waals surface area contributed by atoms with Crippen LogP contribution in [0.4, 0.5) is 5.13 Å². The van der Waals surface area contributed by atoms with Crippen molar-refractivity contribution in [2.75, 3.05) is 45.5 Å². The Kier molecular flexibility index (Phi) is 8.60. The van der Waals surface area contributed by atoms with Gasteiger partial charge in [-0.25, -0.2) is 4.98 Å². The molecule has 3 rings (SSSR count). The summed E-state index contributed by atoms with van der Waals surface area (Å²) in [6.45, 7) is 1.24. The average molecular weight is 472 g/mol. The van der Waals surface area contributed by atoms with Crippen molar-refractivity contribution in [3.05, 3.63) is 47.0 Å². The molecule has 0 unspecified atom stereocenters. The molecule has 0 saturated carbocycles. The summed E-state index contributed by atoms with van der Waals surface area (Å²) in [5.41, 5.74) is 1.31. The molecule has 3 aromatic rings. The van der Waals surface area contributed by atoms with Crippen LogP contribution in [0.3, 0.4) is 0 Å². The molecular formula is C20H23Cl2N3O2S2. The van der Waals surface area contributed by atoms with Gasteiger partial charge in [0.05, 0.1) is 16.8 Å². The van der Waals surface area contributed by atoms with Gasteiger partial charge >= 0.3 is 0 Å². The van der Waals surface area contributed by atoms with Crippen LogP contribution < -0.4 is 9.64 Å². The highest BCUT2D eigenvalue weighted by Gasteiger charge is 2.23. The first-order valence-corrected chi connectivity index (χ1v) is 11.1. The molecule has 5 nitrogen and oxygen atoms in total. The first kappa shape index (κ1) is 23.8. The van der Waals surface area contributed by atoms with Gasteiger partial charge in [-0.05, 0) is 56.7 Å². The second kappa shape index (κ2) is 10.5. The number of ether oxygens (including phenoxy) is 1. The quantitative estimate of drug-likeness (QED) is 0.436. The van der Waals surface area contributed by atoms with Crippen molar-refractivity contribution in [1.29, 1.82) is 0 Å². The minimum Gasteiger partial charge on any atom is -0.494 e. The fourth-order valence-electron chi connectivity index (χ4n) is 2.69. The number of likely N-dealkylation sites (N-methyl/N-ethyl adjacent to an activating group) is 1. The Morgan fingerprint density at radius 3 is 2.45 bits per heavy atom. The first-order valence-electron chi connectivity index (χ1n) is 8.68. The van der Waals surface area contributed by atoms with E-state index in [1.807, 2.05) is 49.5 Å². The largest absolute Gasteiger partial charge is 0.494 e. The van der Waals surface area contributed by atoms with Gasteiger partial charge in [-0.15, -0.1) is 24.2 Å². The zero-order chi connectivity index (χ0) is 20.3. The molecule has 0 bridgehead atoms. The number of benzene rings is 2. The molecule has 0 aliphatic carbocycles. The molecule has 1 amide bonds. The van der Waals surface area contributed by atoms with E-state index in [-0.39, 0.29) is 18.3 Å². The van der Waals surface area contributed by atoms with Crippen molar-refractivity contribution in [3.8, 4) is 5.75 Å². The Balaban J connectivity index is 0.00000300. The number of hydrogen-bond acceptors (Lipinski definition) is 6. The summed E-state index contributed by atoms with van der Waals surface area (Å²) < 4.78 is 6.23. The third-order valence-corrected chi connectivity index (χ3v) is 6.53. The Labute approximate surface area is 190 Å². The van der Waals surface area contributed by atoms with Crippen LogP contribution in [0.2, 0.25) is 5.02 Å². The highest BCUT2D eigenvalue weighted by atomic mass is 35.5. The van der Waals surface area contributed by atoms with E-state index in [1.165, 1.54) is 11.3 Å². The van der Waals surface area contributed by atoms with Crippen molar-refractivity contribution >= 4 is 68.4 Å². The van der Waals surface area contributed by atoms with Gasteiger partial charge in [0.2, 0.25) is 0 Å². The van der Waals surface area contributed by atoms with Gasteiger partial charge in [-0.3, -0.25) is 9.69 Å². The molecule has 2 aromatic carbocycles. The first-order chi connectivity index (χ1) is 13.4. The van der Waals surface area contributed by atoms with Gasteiger partial charge in [-0.1, -0.05) is 22.9 Å². The predicted molar refractivity (Wildman–Crippen MR) is 127 cm³/mol. The van der Waals surface area contributed by atoms with Gasteiger partial charge in [-0.2, -0.15) is 0 Å². The number of hydrogen-bond donors (Lipinski definition) is 0. The highest BCUT2D eigenvalue weighted by molar-refractivity contribution is 7.98. The third-order valence-electron chi connectivity index (χ3n) is 4.25. The average Bonchev–Trinajstić information content (AvgIpc) is 3.14. The van der Waals surface area contributed by atoms with Gasteiger partial charge in [0.15, 0.2) is 5.13 Å². The molecule has 29 heavy (non-hydrogen) atoms. The van der Waals surface area contributed by atoms with Crippen LogP contribution in [0.1, 0.15) is 10.4 Å². The molecule has 0 spiro atoms. The number of nitrogens with zero attached hydrogens (tertiary/aromatic N) is 3. The van der Waals surface area contributed by atoms with E-state index in [9.17, 15) is 4.79 Å². The van der Waals surface area contributed by atoms with Crippen molar-refractivity contribution in [1.82, 2.24) is 9.88 Å². The number of rotatable bonds is 7. The van der Waals surface area contributed by atoms with Crippen LogP contribution in [-0.2, 0) is 0 Å². The lowest BCUT2D eigenvalue weighted by molar-refractivity contribution is 0.0985. The summed E-state index contributed by atoms with van der Waals surface area (Å²) in [5.74, 6) is 0.565. The number of halogens is 2. The summed E-state index contributed by atoms with van der Waals surface area (Å²) in [6, 6.07) is 11.2. The fourth-order valence-corrected chi connectivity index (χ4v) is 4.38. The van der Waals surface area contributed by atoms with Crippen molar-refractivity contribution < 1.29 is 9.53 Å². The van der Waals surface area contributed by atoms with E-state index in [4.69, 9.17) is 21.3 Å². The SMILES string of the molecule is COc1ccc(Cl)c2sc(N(CCN(C)C)C(=O)c3ccc(SC)cc3)nc12.Cl. The lowest BCUT2D eigenvalue weighted by atomic mass is 10.2. The number of aromatic nitrogens is 1. The number of amides is 1. The van der Waals surface area contributed by atoms with Crippen LogP contribution in [0, 0.1) is 0 Å². The number of fused-ring (bicyclic) bond motifs is 1. The monoisotopic (exact) mass is 471 g/mol. The van der Waals surface area contributed by atoms with Crippen LogP contribution in [0.25, 0.3) is 10.2 Å². The molecule has 0 saturated heterocycles. The van der Waals surface area contributed by atoms with E-state index in [2.05, 4.69) is 0 Å². The number of methoxy groups -OCH3 is 1. The Morgan fingerprint density at radius 2 is 1.86 bits per heavy atom. The minimum atomic E-state index is -0.0800. The Hall–Kier alpha value is -1.51. The zero-order valence-electron chi connectivity index (χ0n) is 16.6. The van der Waals surface area contributed by atoms with Crippen LogP contribution in [0.15, 0.2) is 41.3 Å². The molecule has 0 radical (unpaired) electrons. The van der Waals surface area contributed by atoms with Gasteiger partial charge in [0.25, 0.3) is 5.91 Å². The van der Waals surface area contributed by atoms with E-state index in [0.29, 0.717) is 33.5 Å². The van der Waals surface area contributed by atoms with Crippen LogP contribution in [0.5, 0.6) is 5.75 Å². The topological polar surface area (TPSA) is 45.7 Å². The van der Waals surface area contributed by atoms with E-state index in [1.54, 1.807) is 35.9 Å². The summed E-state index contributed by atoms with van der Waals surface area (Å²) >= 11 is 9.41. The summed E-state index contributed by atoms with van der Waals surface area (Å²) in [7, 11) is 5.56. The maximum Gasteiger partial charge on any atom is 0.260 e. The standard InChI is InChI=1S/C20H22ClN3O2S2.ClH/c1-23(2)11-12-24(19(25)13-5-7-14(27-4)8-6-13)20-22-17-16(26-3)10-9-15(21)18(17)28-20;/h5-10H,11-12H2,1-4H3;1H. The molecular weight excluding hydrogens is 449 g/mol. The van der Waals surface area contributed by atoms with Crippen molar-refractivity contribution in [3.63, 3.8) is 0 Å². The summed E-state index contributed by atoms with van der Waals surface area (Å²) in [4.78, 5) is 22.8. The molecule has 0 fully saturated rings. The fraction of sp³-hybridized carbons (Fsp3) is 0.300. The van der Waals surface area contributed by atoms with Gasteiger partial charge in [0.1, 0.15) is 11.3 Å². The van der Waals surface area contributed by atoms with Gasteiger partial charge in [0, 0.05) is 23.5 Å². The van der Waals surface area contributed by atoms with Gasteiger partial charge < -0.3 is 9.64 Å². The molecule has 1 aromatic heterocycles. The molecule has 1 heterocycles. The lowest BCUT2D eigenvalue weighted by Gasteiger charge is -2.22. The summed E-state index contributed by atoms with van der Waals surface area (Å²) in [6.07, 6.45) is 2.01. The van der Waals surface area contributed by atoms with Crippen LogP contribution in [-0.4, -0.2) is 56.3 Å². The Morgan fingerprint density at radius 1 is 1.17 bits per heavy atom. The smallest absolute Gasteiger partial charge is 0.260 e. The third kappa shape index (κ3) is 5.35. The maximum absolute atomic E-state index is 13.3. The minimum absolute atomic E-state index is 0. The Bertz CT molecular complexity index is 978. The number of carbonyl (C=O) groups is 1. The number of thioether (sulfide) groups is 1. The molecule has 156 valence electrons. The van der Waals surface area contributed by atoms with E-state index < -0.39 is 0 Å². The maximum atomic E-state index is 13.3. The molecule has 0 N–H and O–H groups in total. The van der Waals surface area contributed by atoms with E-state index in [0.717, 1.165) is 16.1 Å². The summed E-state index contributed by atoms with van der Waals surface area (Å²) in [5, 5.41) is 1.21. The van der Waals surface area contributed by atoms with E-state index >= 15 is 0 Å². The van der Waals surface area contributed by atoms with Crippen LogP contribution >= 0.6 is 47.1 Å². The number of thiazole rings is 1. The second-order valence-electron chi connectivity index (χ2n) is 6.41. The van der Waals surface area contributed by atoms with Crippen molar-refractivity contribution in [2.45, 2.75) is 4.90 Å². The lowest BCUT2D eigenvalue weighted by Crippen LogP contribution is -2.36. The molecule has 0 aliphatic rings.